The molecule has 290 valence electrons. The van der Waals surface area contributed by atoms with E-state index in [0.29, 0.717) is 11.5 Å². The summed E-state index contributed by atoms with van der Waals surface area (Å²) in [6, 6.07) is 26.8. The summed E-state index contributed by atoms with van der Waals surface area (Å²) in [7, 11) is 1.61. The molecule has 14 heteroatoms. The summed E-state index contributed by atoms with van der Waals surface area (Å²) in [6.45, 7) is 2.00. The number of fused-ring (bicyclic) bond motifs is 2. The number of nitrogens with zero attached hydrogens (tertiary/aromatic N) is 3. The van der Waals surface area contributed by atoms with Crippen LogP contribution in [0.15, 0.2) is 95.9 Å². The Bertz CT molecular complexity index is 1970. The van der Waals surface area contributed by atoms with Crippen molar-refractivity contribution >= 4 is 20.3 Å². The Morgan fingerprint density at radius 3 is 2.18 bits per heavy atom. The van der Waals surface area contributed by atoms with Gasteiger partial charge in [-0.2, -0.15) is 4.98 Å². The predicted molar refractivity (Wildman–Crippen MR) is 204 cm³/mol. The van der Waals surface area contributed by atoms with Gasteiger partial charge in [-0.3, -0.25) is 9.36 Å². The van der Waals surface area contributed by atoms with Crippen molar-refractivity contribution in [2.45, 2.75) is 87.3 Å². The van der Waals surface area contributed by atoms with Crippen LogP contribution < -0.4 is 20.5 Å². The second kappa shape index (κ2) is 15.7. The molecule has 3 aromatic carbocycles. The van der Waals surface area contributed by atoms with Crippen LogP contribution in [0, 0.1) is 0 Å². The topological polar surface area (TPSA) is 123 Å². The van der Waals surface area contributed by atoms with E-state index in [-0.39, 0.29) is 30.0 Å². The van der Waals surface area contributed by atoms with Crippen LogP contribution in [0.4, 0.5) is 10.2 Å². The molecule has 1 spiro atoms. The van der Waals surface area contributed by atoms with E-state index in [1.165, 1.54) is 19.2 Å². The van der Waals surface area contributed by atoms with Crippen molar-refractivity contribution in [1.82, 2.24) is 14.2 Å². The maximum atomic E-state index is 17.1. The number of benzene rings is 3. The second-order valence-electron chi connectivity index (χ2n) is 14.5. The lowest BCUT2D eigenvalue weighted by Gasteiger charge is -2.37. The fourth-order valence-electron chi connectivity index (χ4n) is 8.65. The summed E-state index contributed by atoms with van der Waals surface area (Å²) >= 11 is 0. The third-order valence-corrected chi connectivity index (χ3v) is 13.1. The van der Waals surface area contributed by atoms with Crippen LogP contribution in [0.3, 0.4) is 0 Å². The van der Waals surface area contributed by atoms with Crippen LogP contribution in [0.5, 0.6) is 11.5 Å². The number of rotatable bonds is 12. The van der Waals surface area contributed by atoms with E-state index >= 15 is 4.39 Å². The molecule has 4 aromatic rings. The number of carbonyl (C=O) groups excluding carboxylic acids is 1. The number of hydrogen-bond donors (Lipinski definition) is 1. The highest BCUT2D eigenvalue weighted by atomic mass is 31.2. The summed E-state index contributed by atoms with van der Waals surface area (Å²) in [5.74, 6) is 1.04. The van der Waals surface area contributed by atoms with E-state index in [2.05, 4.69) is 15.0 Å². The monoisotopic (exact) mass is 772 g/mol. The SMILES string of the molecule is COc1ccc(C(OC[C@H]2O[C@@H](n3ccc(NC(C)=O)nc3=O)[C@H](F)[C@@H]2O[P@]2OC3(CCCC3)[C@@H]3CCCN32)(c2ccccc2)c2ccc(OC)cc2)cc1. The normalized spacial score (nSPS) is 26.0. The fraction of sp³-hybridized carbons (Fsp3) is 0.439. The summed E-state index contributed by atoms with van der Waals surface area (Å²) in [4.78, 5) is 29.0. The van der Waals surface area contributed by atoms with E-state index < -0.39 is 44.4 Å². The van der Waals surface area contributed by atoms with Crippen LogP contribution in [-0.2, 0) is 28.9 Å². The number of nitrogens with one attached hydrogen (secondary N) is 1. The summed E-state index contributed by atoms with van der Waals surface area (Å²) < 4.78 is 58.8. The Morgan fingerprint density at radius 1 is 0.945 bits per heavy atom. The number of carbonyl (C=O) groups is 1. The number of aromatic nitrogens is 2. The summed E-state index contributed by atoms with van der Waals surface area (Å²) in [6.07, 6.45) is 2.20. The van der Waals surface area contributed by atoms with Crippen molar-refractivity contribution in [3.8, 4) is 11.5 Å². The number of ether oxygens (including phenoxy) is 4. The average molecular weight is 773 g/mol. The van der Waals surface area contributed by atoms with Gasteiger partial charge in [-0.05, 0) is 72.7 Å². The molecule has 1 N–H and O–H groups in total. The van der Waals surface area contributed by atoms with Gasteiger partial charge in [-0.1, -0.05) is 67.4 Å². The summed E-state index contributed by atoms with van der Waals surface area (Å²) in [5, 5.41) is 2.51. The van der Waals surface area contributed by atoms with Gasteiger partial charge < -0.3 is 33.3 Å². The average Bonchev–Trinajstić information content (AvgIpc) is 4.00. The van der Waals surface area contributed by atoms with Gasteiger partial charge in [0.25, 0.3) is 8.53 Å². The zero-order valence-corrected chi connectivity index (χ0v) is 32.0. The second-order valence-corrected chi connectivity index (χ2v) is 15.9. The van der Waals surface area contributed by atoms with E-state index in [1.54, 1.807) is 14.2 Å². The van der Waals surface area contributed by atoms with Crippen molar-refractivity contribution < 1.29 is 37.2 Å². The van der Waals surface area contributed by atoms with Crippen molar-refractivity contribution in [3.63, 3.8) is 0 Å². The number of hydrogen-bond acceptors (Lipinski definition) is 10. The maximum Gasteiger partial charge on any atom is 0.351 e. The van der Waals surface area contributed by atoms with Crippen molar-refractivity contribution in [2.75, 3.05) is 32.7 Å². The highest BCUT2D eigenvalue weighted by molar-refractivity contribution is 7.45. The molecule has 0 unspecified atom stereocenters. The molecule has 3 aliphatic heterocycles. The minimum absolute atomic E-state index is 0.0613. The first-order valence-corrected chi connectivity index (χ1v) is 20.0. The fourth-order valence-corrected chi connectivity index (χ4v) is 10.9. The molecule has 1 amide bonds. The van der Waals surface area contributed by atoms with Crippen LogP contribution >= 0.6 is 8.53 Å². The standard InChI is InChI=1S/C41H46FN4O8P/c1-27(47)43-35-21-25-45(39(48)44-35)38-36(42)37(53-55-46-24-9-12-34(46)40(54-55)22-7-8-23-40)33(52-38)26-51-41(28-10-5-4-6-11-28,29-13-17-31(49-2)18-14-29)30-15-19-32(50-3)20-16-30/h4-6,10-11,13-21,25,33-34,36-38H,7-9,12,22-24,26H2,1-3H3,(H,43,44,47,48)/t33-,34+,36-,37-,38-,55-/m1/s1. The van der Waals surface area contributed by atoms with Gasteiger partial charge in [0.2, 0.25) is 5.91 Å². The van der Waals surface area contributed by atoms with Crippen molar-refractivity contribution in [1.29, 1.82) is 0 Å². The Balaban J connectivity index is 1.18. The molecule has 1 aromatic heterocycles. The van der Waals surface area contributed by atoms with E-state index in [0.717, 1.165) is 66.3 Å². The molecule has 4 aliphatic rings. The molecule has 3 saturated heterocycles. The van der Waals surface area contributed by atoms with Crippen LogP contribution in [0.1, 0.15) is 68.4 Å². The summed E-state index contributed by atoms with van der Waals surface area (Å²) in [5.41, 5.74) is 0.156. The van der Waals surface area contributed by atoms with E-state index in [9.17, 15) is 9.59 Å². The van der Waals surface area contributed by atoms with Crippen LogP contribution in [-0.4, -0.2) is 77.5 Å². The number of alkyl halides is 1. The number of halogens is 1. The molecule has 0 radical (unpaired) electrons. The van der Waals surface area contributed by atoms with Gasteiger partial charge in [0, 0.05) is 25.7 Å². The highest BCUT2D eigenvalue weighted by Gasteiger charge is 2.60. The third kappa shape index (κ3) is 7.07. The smallest absolute Gasteiger partial charge is 0.351 e. The van der Waals surface area contributed by atoms with E-state index in [1.807, 2.05) is 78.9 Å². The quantitative estimate of drug-likeness (QED) is 0.121. The first-order chi connectivity index (χ1) is 26.7. The van der Waals surface area contributed by atoms with Gasteiger partial charge in [0.15, 0.2) is 12.4 Å². The Kier molecular flexibility index (Phi) is 10.8. The van der Waals surface area contributed by atoms with Gasteiger partial charge in [-0.15, -0.1) is 0 Å². The van der Waals surface area contributed by atoms with Gasteiger partial charge in [0.1, 0.15) is 35.1 Å². The number of methoxy groups -OCH3 is 2. The van der Waals surface area contributed by atoms with Gasteiger partial charge >= 0.3 is 5.69 Å². The minimum Gasteiger partial charge on any atom is -0.497 e. The number of anilines is 1. The first-order valence-electron chi connectivity index (χ1n) is 18.8. The highest BCUT2D eigenvalue weighted by Crippen LogP contribution is 2.65. The molecule has 12 nitrogen and oxygen atoms in total. The predicted octanol–water partition coefficient (Wildman–Crippen LogP) is 6.88. The molecule has 4 heterocycles. The molecule has 1 aliphatic carbocycles. The minimum atomic E-state index is -1.79. The maximum absolute atomic E-state index is 17.1. The third-order valence-electron chi connectivity index (χ3n) is 11.3. The van der Waals surface area contributed by atoms with Crippen LogP contribution in [0.2, 0.25) is 0 Å². The van der Waals surface area contributed by atoms with E-state index in [4.69, 9.17) is 28.0 Å². The van der Waals surface area contributed by atoms with Crippen LogP contribution in [0.25, 0.3) is 0 Å². The lowest BCUT2D eigenvalue weighted by molar-refractivity contribution is -0.114. The molecule has 0 bridgehead atoms. The Labute approximate surface area is 320 Å². The molecular formula is C41H46FN4O8P. The zero-order chi connectivity index (χ0) is 38.2. The van der Waals surface area contributed by atoms with Gasteiger partial charge in [-0.25, -0.2) is 13.9 Å². The number of amides is 1. The molecule has 4 fully saturated rings. The molecule has 8 rings (SSSR count). The zero-order valence-electron chi connectivity index (χ0n) is 31.1. The largest absolute Gasteiger partial charge is 0.497 e. The molecular weight excluding hydrogens is 726 g/mol. The van der Waals surface area contributed by atoms with Gasteiger partial charge in [0.05, 0.1) is 26.4 Å². The molecule has 1 saturated carbocycles. The first kappa shape index (κ1) is 37.7. The van der Waals surface area contributed by atoms with Crippen molar-refractivity contribution in [2.24, 2.45) is 0 Å². The molecule has 6 atom stereocenters. The lowest BCUT2D eigenvalue weighted by Crippen LogP contribution is -2.40. The Morgan fingerprint density at radius 2 is 1.58 bits per heavy atom. The van der Waals surface area contributed by atoms with Crippen molar-refractivity contribution in [3.05, 3.63) is 118 Å². The molecule has 55 heavy (non-hydrogen) atoms. The lowest BCUT2D eigenvalue weighted by atomic mass is 9.80. The Hall–Kier alpha value is -4.23.